The molecule has 0 unspecified atom stereocenters. The fourth-order valence-electron chi connectivity index (χ4n) is 3.10. The summed E-state index contributed by atoms with van der Waals surface area (Å²) in [7, 11) is -3.61. The molecule has 0 spiro atoms. The Kier molecular flexibility index (Phi) is 5.62. The fourth-order valence-corrected chi connectivity index (χ4v) is 5.15. The van der Waals surface area contributed by atoms with Gasteiger partial charge in [0.25, 0.3) is 10.0 Å². The quantitative estimate of drug-likeness (QED) is 0.429. The summed E-state index contributed by atoms with van der Waals surface area (Å²) in [6.07, 6.45) is 5.00. The third kappa shape index (κ3) is 5.02. The molecule has 6 nitrogen and oxygen atoms in total. The van der Waals surface area contributed by atoms with Crippen LogP contribution in [0.5, 0.6) is 0 Å². The number of sulfonamides is 1. The molecule has 1 heterocycles. The second kappa shape index (κ2) is 7.81. The van der Waals surface area contributed by atoms with Crippen LogP contribution in [0.1, 0.15) is 32.8 Å². The lowest BCUT2D eigenvalue weighted by molar-refractivity contribution is -0.213. The predicted octanol–water partition coefficient (Wildman–Crippen LogP) is 3.42. The highest BCUT2D eigenvalue weighted by atomic mass is 32.2. The van der Waals surface area contributed by atoms with E-state index >= 15 is 0 Å². The zero-order valence-electron chi connectivity index (χ0n) is 15.9. The van der Waals surface area contributed by atoms with Crippen molar-refractivity contribution in [3.8, 4) is 0 Å². The molecule has 0 atom stereocenters. The molecule has 1 aliphatic rings. The van der Waals surface area contributed by atoms with Crippen molar-refractivity contribution < 1.29 is 13.5 Å². The van der Waals surface area contributed by atoms with Gasteiger partial charge in [0.15, 0.2) is 0 Å². The zero-order valence-corrected chi connectivity index (χ0v) is 17.5. The predicted molar refractivity (Wildman–Crippen MR) is 111 cm³/mol. The molecular weight excluding hydrogens is 394 g/mol. The third-order valence-electron chi connectivity index (χ3n) is 4.11. The van der Waals surface area contributed by atoms with Gasteiger partial charge in [-0.3, -0.25) is 10.1 Å². The van der Waals surface area contributed by atoms with E-state index in [4.69, 9.17) is 0 Å². The molecule has 2 N–H and O–H groups in total. The monoisotopic (exact) mass is 416 g/mol. The van der Waals surface area contributed by atoms with Gasteiger partial charge in [0.1, 0.15) is 4.21 Å². The Morgan fingerprint density at radius 2 is 1.93 bits per heavy atom. The lowest BCUT2D eigenvalue weighted by Gasteiger charge is -2.26. The van der Waals surface area contributed by atoms with Crippen molar-refractivity contribution in [1.29, 1.82) is 0 Å². The molecule has 0 radical (unpaired) electrons. The number of nitrogens with one attached hydrogen (secondary N) is 2. The molecule has 0 fully saturated rings. The van der Waals surface area contributed by atoms with Gasteiger partial charge in [-0.15, -0.1) is 11.3 Å². The van der Waals surface area contributed by atoms with Crippen LogP contribution in [-0.4, -0.2) is 14.3 Å². The van der Waals surface area contributed by atoms with Crippen LogP contribution in [0, 0.1) is 5.41 Å². The van der Waals surface area contributed by atoms with Crippen molar-refractivity contribution in [3.63, 3.8) is 0 Å². The second-order valence-electron chi connectivity index (χ2n) is 7.40. The van der Waals surface area contributed by atoms with Gasteiger partial charge in [0.2, 0.25) is 0 Å². The number of hydrogen-bond donors (Lipinski definition) is 2. The Balaban J connectivity index is 1.69. The molecule has 2 aromatic rings. The molecule has 8 heteroatoms. The van der Waals surface area contributed by atoms with Gasteiger partial charge in [-0.25, -0.2) is 8.42 Å². The first-order valence-corrected chi connectivity index (χ1v) is 11.1. The SMILES string of the molecule is CC1=CC(NN=C([O-])c2ccc(NS(=O)(=O)c3cccs3)cc2)=CC(C)(C)C1. The lowest BCUT2D eigenvalue weighted by Crippen LogP contribution is -2.24. The van der Waals surface area contributed by atoms with E-state index in [-0.39, 0.29) is 9.62 Å². The van der Waals surface area contributed by atoms with Gasteiger partial charge < -0.3 is 5.11 Å². The number of thiophene rings is 1. The maximum atomic E-state index is 12.3. The van der Waals surface area contributed by atoms with Crippen LogP contribution >= 0.6 is 11.3 Å². The van der Waals surface area contributed by atoms with Crippen LogP contribution in [0.15, 0.2) is 74.5 Å². The molecule has 0 aliphatic heterocycles. The first kappa shape index (κ1) is 20.2. The maximum Gasteiger partial charge on any atom is 0.271 e. The van der Waals surface area contributed by atoms with Gasteiger partial charge in [0, 0.05) is 11.6 Å². The number of nitrogens with zero attached hydrogens (tertiary/aromatic N) is 1. The van der Waals surface area contributed by atoms with Crippen molar-refractivity contribution in [2.75, 3.05) is 4.72 Å². The van der Waals surface area contributed by atoms with Crippen LogP contribution < -0.4 is 15.3 Å². The first-order chi connectivity index (χ1) is 13.1. The summed E-state index contributed by atoms with van der Waals surface area (Å²) in [5.74, 6) is -0.428. The Morgan fingerprint density at radius 1 is 1.21 bits per heavy atom. The van der Waals surface area contributed by atoms with Crippen molar-refractivity contribution in [1.82, 2.24) is 5.43 Å². The summed E-state index contributed by atoms with van der Waals surface area (Å²) in [5, 5.41) is 17.9. The van der Waals surface area contributed by atoms with Gasteiger partial charge in [-0.1, -0.05) is 43.7 Å². The molecule has 0 bridgehead atoms. The van der Waals surface area contributed by atoms with Gasteiger partial charge in [-0.05, 0) is 54.0 Å². The molecule has 1 aromatic carbocycles. The lowest BCUT2D eigenvalue weighted by atomic mass is 9.82. The summed E-state index contributed by atoms with van der Waals surface area (Å²) >= 11 is 1.14. The van der Waals surface area contributed by atoms with Crippen molar-refractivity contribution in [3.05, 3.63) is 70.8 Å². The molecule has 28 heavy (non-hydrogen) atoms. The highest BCUT2D eigenvalue weighted by Gasteiger charge is 2.20. The van der Waals surface area contributed by atoms with Gasteiger partial charge >= 0.3 is 0 Å². The molecule has 0 amide bonds. The van der Waals surface area contributed by atoms with Crippen LogP contribution in [0.25, 0.3) is 0 Å². The minimum absolute atomic E-state index is 0.0150. The summed E-state index contributed by atoms with van der Waals surface area (Å²) < 4.78 is 27.2. The number of hydrogen-bond acceptors (Lipinski definition) is 6. The van der Waals surface area contributed by atoms with E-state index in [1.165, 1.54) is 11.6 Å². The minimum Gasteiger partial charge on any atom is -0.857 e. The van der Waals surface area contributed by atoms with Crippen molar-refractivity contribution in [2.45, 2.75) is 31.4 Å². The molecule has 3 rings (SSSR count). The average Bonchev–Trinajstić information content (AvgIpc) is 3.14. The first-order valence-electron chi connectivity index (χ1n) is 8.72. The van der Waals surface area contributed by atoms with Crippen LogP contribution in [0.4, 0.5) is 5.69 Å². The van der Waals surface area contributed by atoms with E-state index in [0.717, 1.165) is 23.5 Å². The molecule has 1 aliphatic carbocycles. The third-order valence-corrected chi connectivity index (χ3v) is 6.89. The molecule has 0 saturated heterocycles. The maximum absolute atomic E-state index is 12.3. The van der Waals surface area contributed by atoms with E-state index in [9.17, 15) is 13.5 Å². The largest absolute Gasteiger partial charge is 0.857 e. The Hall–Kier alpha value is -2.58. The van der Waals surface area contributed by atoms with Crippen molar-refractivity contribution in [2.24, 2.45) is 10.5 Å². The molecule has 0 saturated carbocycles. The Labute approximate surface area is 169 Å². The number of allylic oxidation sites excluding steroid dienone is 3. The number of rotatable bonds is 6. The standard InChI is InChI=1S/C20H23N3O3S2/c1-14-11-17(13-20(2,3)12-14)21-22-19(24)15-6-8-16(9-7-15)23-28(25,26)18-5-4-10-27-18/h4-11,13,21,23H,12H2,1-3H3,(H,22,24)/p-1. The summed E-state index contributed by atoms with van der Waals surface area (Å²) in [5.41, 5.74) is 5.60. The Morgan fingerprint density at radius 3 is 2.54 bits per heavy atom. The molecular formula is C20H22N3O3S2-. The Bertz CT molecular complexity index is 1030. The topological polar surface area (TPSA) is 93.6 Å². The zero-order chi connectivity index (χ0) is 20.4. The second-order valence-corrected chi connectivity index (χ2v) is 10.3. The van der Waals surface area contributed by atoms with E-state index < -0.39 is 15.9 Å². The smallest absolute Gasteiger partial charge is 0.271 e. The van der Waals surface area contributed by atoms with Crippen molar-refractivity contribution >= 4 is 32.9 Å². The van der Waals surface area contributed by atoms with E-state index in [2.05, 4.69) is 35.2 Å². The van der Waals surface area contributed by atoms with Crippen LogP contribution in [-0.2, 0) is 10.0 Å². The summed E-state index contributed by atoms with van der Waals surface area (Å²) in [6.45, 7) is 6.31. The highest BCUT2D eigenvalue weighted by Crippen LogP contribution is 2.32. The average molecular weight is 417 g/mol. The highest BCUT2D eigenvalue weighted by molar-refractivity contribution is 7.94. The number of benzene rings is 1. The normalized spacial score (nSPS) is 16.9. The number of anilines is 1. The van der Waals surface area contributed by atoms with Crippen LogP contribution in [0.2, 0.25) is 0 Å². The fraction of sp³-hybridized carbons (Fsp3) is 0.250. The van der Waals surface area contributed by atoms with E-state index in [1.54, 1.807) is 35.7 Å². The molecule has 148 valence electrons. The van der Waals surface area contributed by atoms with Gasteiger partial charge in [-0.2, -0.15) is 5.10 Å². The van der Waals surface area contributed by atoms with Gasteiger partial charge in [0.05, 0.1) is 5.70 Å². The minimum atomic E-state index is -3.61. The van der Waals surface area contributed by atoms with Crippen LogP contribution in [0.3, 0.4) is 0 Å². The molecule has 1 aromatic heterocycles. The number of hydrazone groups is 1. The van der Waals surface area contributed by atoms with E-state index in [0.29, 0.717) is 11.3 Å². The van der Waals surface area contributed by atoms with E-state index in [1.807, 2.05) is 13.0 Å². The summed E-state index contributed by atoms with van der Waals surface area (Å²) in [6, 6.07) is 9.38. The summed E-state index contributed by atoms with van der Waals surface area (Å²) in [4.78, 5) is 0.